The van der Waals surface area contributed by atoms with E-state index in [0.717, 1.165) is 32.9 Å². The molecule has 0 fully saturated rings. The maximum absolute atomic E-state index is 13.2. The minimum atomic E-state index is -3.74. The van der Waals surface area contributed by atoms with Gasteiger partial charge in [-0.3, -0.25) is 4.79 Å². The number of carbonyl (C=O) groups is 1. The second kappa shape index (κ2) is 7.20. The van der Waals surface area contributed by atoms with Crippen molar-refractivity contribution in [2.45, 2.75) is 17.9 Å². The maximum atomic E-state index is 13.2. The van der Waals surface area contributed by atoms with Crippen molar-refractivity contribution in [1.29, 1.82) is 0 Å². The summed E-state index contributed by atoms with van der Waals surface area (Å²) in [5.41, 5.74) is 3.67. The number of aromatic nitrogens is 1. The first-order chi connectivity index (χ1) is 13.8. The molecule has 7 nitrogen and oxygen atoms in total. The third kappa shape index (κ3) is 3.28. The molecule has 4 rings (SSSR count). The molecule has 3 aromatic rings. The summed E-state index contributed by atoms with van der Waals surface area (Å²) >= 11 is 0. The van der Waals surface area contributed by atoms with Crippen molar-refractivity contribution in [3.05, 3.63) is 59.3 Å². The molecular weight excluding hydrogens is 390 g/mol. The second-order valence-corrected chi connectivity index (χ2v) is 9.38. The van der Waals surface area contributed by atoms with Crippen molar-refractivity contribution < 1.29 is 17.9 Å². The number of fused-ring (bicyclic) bond motifs is 3. The average Bonchev–Trinajstić information content (AvgIpc) is 3.10. The van der Waals surface area contributed by atoms with Crippen molar-refractivity contribution >= 4 is 26.8 Å². The molecule has 8 heteroatoms. The van der Waals surface area contributed by atoms with Crippen molar-refractivity contribution in [2.75, 3.05) is 27.7 Å². The minimum absolute atomic E-state index is 0.0133. The van der Waals surface area contributed by atoms with Crippen molar-refractivity contribution in [3.63, 3.8) is 0 Å². The van der Waals surface area contributed by atoms with Crippen molar-refractivity contribution in [3.8, 4) is 5.75 Å². The lowest BCUT2D eigenvalue weighted by molar-refractivity contribution is 0.0735. The molecule has 1 aliphatic rings. The van der Waals surface area contributed by atoms with Crippen LogP contribution in [0.4, 0.5) is 0 Å². The van der Waals surface area contributed by atoms with Crippen LogP contribution in [0.5, 0.6) is 5.75 Å². The zero-order valence-electron chi connectivity index (χ0n) is 16.6. The van der Waals surface area contributed by atoms with E-state index < -0.39 is 10.0 Å². The van der Waals surface area contributed by atoms with Gasteiger partial charge in [0.05, 0.1) is 7.11 Å². The van der Waals surface area contributed by atoms with Crippen LogP contribution in [-0.4, -0.2) is 56.3 Å². The Morgan fingerprint density at radius 3 is 2.66 bits per heavy atom. The van der Waals surface area contributed by atoms with Crippen molar-refractivity contribution in [2.24, 2.45) is 0 Å². The molecule has 0 radical (unpaired) electrons. The molecule has 0 aliphatic carbocycles. The Morgan fingerprint density at radius 2 is 1.93 bits per heavy atom. The van der Waals surface area contributed by atoms with Gasteiger partial charge in [0.1, 0.15) is 10.6 Å². The van der Waals surface area contributed by atoms with Gasteiger partial charge in [0.25, 0.3) is 5.91 Å². The number of rotatable bonds is 4. The third-order valence-electron chi connectivity index (χ3n) is 5.34. The number of H-pyrrole nitrogens is 1. The van der Waals surface area contributed by atoms with Crippen molar-refractivity contribution in [1.82, 2.24) is 14.2 Å². The summed E-state index contributed by atoms with van der Waals surface area (Å²) in [7, 11) is 0.571. The molecule has 1 N–H and O–H groups in total. The molecule has 0 saturated carbocycles. The first-order valence-electron chi connectivity index (χ1n) is 9.31. The van der Waals surface area contributed by atoms with E-state index in [1.165, 1.54) is 33.3 Å². The highest BCUT2D eigenvalue weighted by Crippen LogP contribution is 2.30. The molecular formula is C21H23N3O4S. The van der Waals surface area contributed by atoms with E-state index in [1.54, 1.807) is 11.0 Å². The molecule has 0 atom stereocenters. The monoisotopic (exact) mass is 413 g/mol. The lowest BCUT2D eigenvalue weighted by atomic mass is 10.0. The third-order valence-corrected chi connectivity index (χ3v) is 7.18. The van der Waals surface area contributed by atoms with Gasteiger partial charge in [-0.2, -0.15) is 0 Å². The van der Waals surface area contributed by atoms with Crippen LogP contribution >= 0.6 is 0 Å². The molecule has 29 heavy (non-hydrogen) atoms. The van der Waals surface area contributed by atoms with E-state index in [1.807, 2.05) is 24.3 Å². The number of hydrogen-bond donors (Lipinski definition) is 1. The van der Waals surface area contributed by atoms with Crippen LogP contribution < -0.4 is 4.74 Å². The Balaban J connectivity index is 1.69. The number of para-hydroxylation sites is 1. The highest BCUT2D eigenvalue weighted by atomic mass is 32.2. The smallest absolute Gasteiger partial charge is 0.254 e. The van der Waals surface area contributed by atoms with E-state index >= 15 is 0 Å². The van der Waals surface area contributed by atoms with Crippen LogP contribution in [0, 0.1) is 0 Å². The molecule has 152 valence electrons. The fraction of sp³-hybridized carbons (Fsp3) is 0.286. The summed E-state index contributed by atoms with van der Waals surface area (Å²) < 4.78 is 31.6. The summed E-state index contributed by atoms with van der Waals surface area (Å²) in [5, 5.41) is 1.12. The zero-order chi connectivity index (χ0) is 20.8. The predicted octanol–water partition coefficient (Wildman–Crippen LogP) is 2.63. The lowest BCUT2D eigenvalue weighted by Gasteiger charge is -2.27. The number of amides is 1. The standard InChI is InChI=1S/C21H23N3O4S/c1-23(2)29(26,27)20-12-14(8-9-19(20)28-3)21(25)24-11-10-18-16(13-24)15-6-4-5-7-17(15)22-18/h4-9,12,22H,10-11,13H2,1-3H3. The van der Waals surface area contributed by atoms with Gasteiger partial charge in [0, 0.05) is 61.3 Å². The maximum Gasteiger partial charge on any atom is 0.254 e. The van der Waals surface area contributed by atoms with Crippen LogP contribution in [-0.2, 0) is 23.0 Å². The lowest BCUT2D eigenvalue weighted by Crippen LogP contribution is -2.36. The van der Waals surface area contributed by atoms with Gasteiger partial charge in [0.15, 0.2) is 0 Å². The Bertz CT molecular complexity index is 1200. The number of nitrogens with zero attached hydrogens (tertiary/aromatic N) is 2. The molecule has 2 heterocycles. The van der Waals surface area contributed by atoms with E-state index in [4.69, 9.17) is 4.74 Å². The molecule has 1 aliphatic heterocycles. The number of hydrogen-bond acceptors (Lipinski definition) is 4. The fourth-order valence-electron chi connectivity index (χ4n) is 3.73. The molecule has 1 aromatic heterocycles. The molecule has 0 unspecified atom stereocenters. The first-order valence-corrected chi connectivity index (χ1v) is 10.7. The summed E-state index contributed by atoms with van der Waals surface area (Å²) in [5.74, 6) is 0.0200. The second-order valence-electron chi connectivity index (χ2n) is 7.26. The van der Waals surface area contributed by atoms with Gasteiger partial charge in [-0.05, 0) is 24.3 Å². The van der Waals surface area contributed by atoms with Crippen LogP contribution in [0.25, 0.3) is 10.9 Å². The van der Waals surface area contributed by atoms with Gasteiger partial charge in [0.2, 0.25) is 10.0 Å². The van der Waals surface area contributed by atoms with Gasteiger partial charge in [-0.15, -0.1) is 0 Å². The summed E-state index contributed by atoms with van der Waals surface area (Å²) in [6.07, 6.45) is 0.731. The number of sulfonamides is 1. The Kier molecular flexibility index (Phi) is 4.84. The summed E-state index contributed by atoms with van der Waals surface area (Å²) in [4.78, 5) is 18.4. The normalized spacial score (nSPS) is 14.3. The van der Waals surface area contributed by atoms with E-state index in [-0.39, 0.29) is 16.6 Å². The van der Waals surface area contributed by atoms with E-state index in [0.29, 0.717) is 18.7 Å². The van der Waals surface area contributed by atoms with E-state index in [9.17, 15) is 13.2 Å². The number of carbonyl (C=O) groups excluding carboxylic acids is 1. The number of aromatic amines is 1. The van der Waals surface area contributed by atoms with Gasteiger partial charge in [-0.25, -0.2) is 12.7 Å². The molecule has 1 amide bonds. The average molecular weight is 413 g/mol. The Labute approximate surface area is 169 Å². The van der Waals surface area contributed by atoms with Crippen LogP contribution in [0.2, 0.25) is 0 Å². The fourth-order valence-corrected chi connectivity index (χ4v) is 4.81. The van der Waals surface area contributed by atoms with Gasteiger partial charge < -0.3 is 14.6 Å². The first kappa shape index (κ1) is 19.5. The van der Waals surface area contributed by atoms with Crippen LogP contribution in [0.3, 0.4) is 0 Å². The number of methoxy groups -OCH3 is 1. The highest BCUT2D eigenvalue weighted by molar-refractivity contribution is 7.89. The molecule has 2 aromatic carbocycles. The van der Waals surface area contributed by atoms with Crippen LogP contribution in [0.1, 0.15) is 21.6 Å². The number of benzene rings is 2. The quantitative estimate of drug-likeness (QED) is 0.713. The topological polar surface area (TPSA) is 82.7 Å². The number of nitrogens with one attached hydrogen (secondary N) is 1. The van der Waals surface area contributed by atoms with E-state index in [2.05, 4.69) is 4.98 Å². The van der Waals surface area contributed by atoms with Gasteiger partial charge in [-0.1, -0.05) is 18.2 Å². The molecule has 0 spiro atoms. The summed E-state index contributed by atoms with van der Waals surface area (Å²) in [6.45, 7) is 1.06. The highest BCUT2D eigenvalue weighted by Gasteiger charge is 2.28. The van der Waals surface area contributed by atoms with Crippen LogP contribution in [0.15, 0.2) is 47.4 Å². The zero-order valence-corrected chi connectivity index (χ0v) is 17.4. The van der Waals surface area contributed by atoms with Gasteiger partial charge >= 0.3 is 0 Å². The largest absolute Gasteiger partial charge is 0.495 e. The Hall–Kier alpha value is -2.84. The molecule has 0 bridgehead atoms. The minimum Gasteiger partial charge on any atom is -0.495 e. The predicted molar refractivity (Wildman–Crippen MR) is 111 cm³/mol. The SMILES string of the molecule is COc1ccc(C(=O)N2CCc3[nH]c4ccccc4c3C2)cc1S(=O)(=O)N(C)C. The molecule has 0 saturated heterocycles. The summed E-state index contributed by atoms with van der Waals surface area (Å²) in [6, 6.07) is 12.6. The number of ether oxygens (including phenoxy) is 1. The Morgan fingerprint density at radius 1 is 1.17 bits per heavy atom.